The summed E-state index contributed by atoms with van der Waals surface area (Å²) >= 11 is 0. The summed E-state index contributed by atoms with van der Waals surface area (Å²) in [5.74, 6) is 0.146. The Morgan fingerprint density at radius 1 is 1.16 bits per heavy atom. The van der Waals surface area contributed by atoms with E-state index in [-0.39, 0.29) is 11.9 Å². The zero-order chi connectivity index (χ0) is 22.2. The lowest BCUT2D eigenvalue weighted by Crippen LogP contribution is -2.53. The first-order valence-electron chi connectivity index (χ1n) is 11.5. The molecule has 1 N–H and O–H groups in total. The molecule has 1 atom stereocenters. The molecule has 2 heterocycles. The number of hydrogen-bond acceptors (Lipinski definition) is 3. The number of carbonyl (C=O) groups is 1. The molecule has 0 aliphatic carbocycles. The van der Waals surface area contributed by atoms with Gasteiger partial charge in [0.2, 0.25) is 5.91 Å². The van der Waals surface area contributed by atoms with Crippen LogP contribution < -0.4 is 5.32 Å². The van der Waals surface area contributed by atoms with Crippen molar-refractivity contribution in [3.63, 3.8) is 0 Å². The monoisotopic (exact) mass is 435 g/mol. The number of likely N-dealkylation sites (tertiary alicyclic amines) is 1. The fraction of sp³-hybridized carbons (Fsp3) is 0.652. The Hall–Kier alpha value is -2.22. The van der Waals surface area contributed by atoms with Crippen molar-refractivity contribution in [2.45, 2.75) is 45.6 Å². The molecule has 2 saturated heterocycles. The van der Waals surface area contributed by atoms with E-state index in [2.05, 4.69) is 22.0 Å². The molecule has 2 aliphatic rings. The zero-order valence-corrected chi connectivity index (χ0v) is 18.7. The molecule has 0 aromatic heterocycles. The number of aliphatic imine (C=N–C) groups is 1. The van der Waals surface area contributed by atoms with Gasteiger partial charge in [-0.3, -0.25) is 14.7 Å². The normalized spacial score (nSPS) is 19.2. The lowest BCUT2D eigenvalue weighted by atomic mass is 10.0. The third-order valence-electron chi connectivity index (χ3n) is 6.12. The van der Waals surface area contributed by atoms with Gasteiger partial charge in [0.25, 0.3) is 0 Å². The second-order valence-corrected chi connectivity index (χ2v) is 8.19. The van der Waals surface area contributed by atoms with Crippen molar-refractivity contribution in [2.75, 3.05) is 52.4 Å². The molecule has 0 saturated carbocycles. The zero-order valence-electron chi connectivity index (χ0n) is 18.7. The summed E-state index contributed by atoms with van der Waals surface area (Å²) in [6.45, 7) is 10.4. The molecule has 172 valence electrons. The molecule has 1 amide bonds. The van der Waals surface area contributed by atoms with E-state index in [1.807, 2.05) is 11.8 Å². The maximum Gasteiger partial charge on any atom is 0.222 e. The van der Waals surface area contributed by atoms with E-state index in [1.165, 1.54) is 6.07 Å². The van der Waals surface area contributed by atoms with E-state index in [9.17, 15) is 13.6 Å². The fourth-order valence-electron chi connectivity index (χ4n) is 4.50. The number of carbonyl (C=O) groups excluding carboxylic acids is 1. The first-order valence-corrected chi connectivity index (χ1v) is 11.5. The molecule has 0 spiro atoms. The number of benzene rings is 1. The summed E-state index contributed by atoms with van der Waals surface area (Å²) in [5.41, 5.74) is 0.564. The Bertz CT molecular complexity index is 764. The highest BCUT2D eigenvalue weighted by molar-refractivity contribution is 5.80. The Balaban J connectivity index is 1.54. The summed E-state index contributed by atoms with van der Waals surface area (Å²) < 4.78 is 27.6. The van der Waals surface area contributed by atoms with Crippen molar-refractivity contribution >= 4 is 11.9 Å². The van der Waals surface area contributed by atoms with Gasteiger partial charge in [0.1, 0.15) is 11.6 Å². The highest BCUT2D eigenvalue weighted by Gasteiger charge is 2.27. The van der Waals surface area contributed by atoms with Gasteiger partial charge < -0.3 is 15.1 Å². The lowest BCUT2D eigenvalue weighted by Gasteiger charge is -2.40. The predicted octanol–water partition coefficient (Wildman–Crippen LogP) is 3.01. The van der Waals surface area contributed by atoms with E-state index in [1.54, 1.807) is 6.07 Å². The lowest BCUT2D eigenvalue weighted by molar-refractivity contribution is -0.127. The topological polar surface area (TPSA) is 51.2 Å². The van der Waals surface area contributed by atoms with Crippen molar-refractivity contribution in [3.05, 3.63) is 35.4 Å². The molecule has 0 bridgehead atoms. The van der Waals surface area contributed by atoms with Gasteiger partial charge in [0.05, 0.1) is 0 Å². The predicted molar refractivity (Wildman–Crippen MR) is 119 cm³/mol. The molecule has 31 heavy (non-hydrogen) atoms. The number of amides is 1. The molecular weight excluding hydrogens is 400 g/mol. The molecule has 1 aromatic rings. The third kappa shape index (κ3) is 6.15. The smallest absolute Gasteiger partial charge is 0.222 e. The maximum atomic E-state index is 14.3. The molecule has 8 heteroatoms. The number of hydrogen-bond donors (Lipinski definition) is 1. The van der Waals surface area contributed by atoms with Gasteiger partial charge in [0, 0.05) is 76.5 Å². The van der Waals surface area contributed by atoms with Crippen molar-refractivity contribution in [2.24, 2.45) is 4.99 Å². The molecule has 1 unspecified atom stereocenters. The summed E-state index contributed by atoms with van der Waals surface area (Å²) in [6.07, 6.45) is 3.28. The van der Waals surface area contributed by atoms with Crippen LogP contribution in [0.3, 0.4) is 0 Å². The van der Waals surface area contributed by atoms with Crippen molar-refractivity contribution in [1.29, 1.82) is 0 Å². The first kappa shape index (κ1) is 23.4. The van der Waals surface area contributed by atoms with Gasteiger partial charge in [-0.25, -0.2) is 8.78 Å². The standard InChI is InChI=1S/C23H35F2N5O/c1-3-21(19-9-8-18(24)17-20(19)25)28-13-15-30(16-14-28)23(26-4-2)27-10-6-12-29-11-5-7-22(29)31/h8-9,17,21H,3-7,10-16H2,1-2H3,(H,26,27). The largest absolute Gasteiger partial charge is 0.357 e. The summed E-state index contributed by atoms with van der Waals surface area (Å²) in [5, 5.41) is 3.37. The second kappa shape index (κ2) is 11.4. The number of rotatable bonds is 8. The van der Waals surface area contributed by atoms with Gasteiger partial charge in [-0.1, -0.05) is 13.0 Å². The highest BCUT2D eigenvalue weighted by Crippen LogP contribution is 2.28. The van der Waals surface area contributed by atoms with Crippen LogP contribution in [0.1, 0.15) is 51.1 Å². The third-order valence-corrected chi connectivity index (χ3v) is 6.12. The molecular formula is C23H35F2N5O. The van der Waals surface area contributed by atoms with E-state index < -0.39 is 11.6 Å². The SMILES string of the molecule is CCNC(=NCCCN1CCCC1=O)N1CCN(C(CC)c2ccc(F)cc2F)CC1. The fourth-order valence-corrected chi connectivity index (χ4v) is 4.50. The van der Waals surface area contributed by atoms with Crippen LogP contribution in [0.2, 0.25) is 0 Å². The van der Waals surface area contributed by atoms with E-state index in [4.69, 9.17) is 4.99 Å². The Morgan fingerprint density at radius 2 is 1.94 bits per heavy atom. The summed E-state index contributed by atoms with van der Waals surface area (Å²) in [6, 6.07) is 3.82. The highest BCUT2D eigenvalue weighted by atomic mass is 19.1. The van der Waals surface area contributed by atoms with Crippen LogP contribution in [0.15, 0.2) is 23.2 Å². The Labute approximate surface area is 184 Å². The summed E-state index contributed by atoms with van der Waals surface area (Å²) in [7, 11) is 0. The Kier molecular flexibility index (Phi) is 8.63. The van der Waals surface area contributed by atoms with E-state index in [0.717, 1.165) is 77.1 Å². The molecule has 6 nitrogen and oxygen atoms in total. The molecule has 2 aliphatic heterocycles. The quantitative estimate of drug-likeness (QED) is 0.388. The summed E-state index contributed by atoms with van der Waals surface area (Å²) in [4.78, 5) is 22.9. The van der Waals surface area contributed by atoms with Crippen molar-refractivity contribution in [1.82, 2.24) is 20.0 Å². The number of nitrogens with zero attached hydrogens (tertiary/aromatic N) is 4. The van der Waals surface area contributed by atoms with Crippen molar-refractivity contribution in [3.8, 4) is 0 Å². The minimum Gasteiger partial charge on any atom is -0.357 e. The van der Waals surface area contributed by atoms with Crippen LogP contribution in [-0.2, 0) is 4.79 Å². The van der Waals surface area contributed by atoms with Crippen LogP contribution in [0.5, 0.6) is 0 Å². The number of halogens is 2. The van der Waals surface area contributed by atoms with Crippen LogP contribution in [0.4, 0.5) is 8.78 Å². The van der Waals surface area contributed by atoms with Gasteiger partial charge in [-0.15, -0.1) is 0 Å². The number of guanidine groups is 1. The maximum absolute atomic E-state index is 14.3. The van der Waals surface area contributed by atoms with E-state index in [0.29, 0.717) is 18.5 Å². The van der Waals surface area contributed by atoms with Gasteiger partial charge in [-0.05, 0) is 32.3 Å². The minimum atomic E-state index is -0.540. The van der Waals surface area contributed by atoms with Gasteiger partial charge in [0.15, 0.2) is 5.96 Å². The van der Waals surface area contributed by atoms with Crippen LogP contribution in [0.25, 0.3) is 0 Å². The molecule has 3 rings (SSSR count). The number of nitrogens with one attached hydrogen (secondary N) is 1. The van der Waals surface area contributed by atoms with Crippen LogP contribution in [0, 0.1) is 11.6 Å². The average molecular weight is 436 g/mol. The average Bonchev–Trinajstić information content (AvgIpc) is 3.17. The molecule has 0 radical (unpaired) electrons. The van der Waals surface area contributed by atoms with Crippen molar-refractivity contribution < 1.29 is 13.6 Å². The second-order valence-electron chi connectivity index (χ2n) is 8.19. The first-order chi connectivity index (χ1) is 15.0. The van der Waals surface area contributed by atoms with Gasteiger partial charge >= 0.3 is 0 Å². The van der Waals surface area contributed by atoms with E-state index >= 15 is 0 Å². The number of piperazine rings is 1. The van der Waals surface area contributed by atoms with Gasteiger partial charge in [-0.2, -0.15) is 0 Å². The van der Waals surface area contributed by atoms with Crippen LogP contribution in [-0.4, -0.2) is 78.9 Å². The molecule has 2 fully saturated rings. The minimum absolute atomic E-state index is 0.0553. The Morgan fingerprint density at radius 3 is 2.55 bits per heavy atom. The molecule has 1 aromatic carbocycles. The van der Waals surface area contributed by atoms with Crippen LogP contribution >= 0.6 is 0 Å².